The predicted octanol–water partition coefficient (Wildman–Crippen LogP) is 4.63. The molecular formula is C23H21F3N4O4. The number of hydrogen-bond acceptors (Lipinski definition) is 5. The number of carboxylic acid groups (broad SMARTS) is 1. The standard InChI is InChI=1S/C23H21F3N4O4/c1-3-33-15-6-4-5-14(11-15)21-16-12-18(22(31)32)30(17(16)7-8-27-21)9-10-34-20-13-19(23(24,25)26)28-29(20)2/h4-8,11-13H,3,9-10H2,1-2H3,(H,31,32). The molecule has 34 heavy (non-hydrogen) atoms. The van der Waals surface area contributed by atoms with Gasteiger partial charge in [0.1, 0.15) is 18.1 Å². The van der Waals surface area contributed by atoms with Crippen LogP contribution in [0, 0.1) is 0 Å². The maximum Gasteiger partial charge on any atom is 0.435 e. The van der Waals surface area contributed by atoms with Crippen LogP contribution in [0.15, 0.2) is 48.7 Å². The van der Waals surface area contributed by atoms with Crippen molar-refractivity contribution in [2.45, 2.75) is 19.6 Å². The van der Waals surface area contributed by atoms with E-state index in [1.165, 1.54) is 17.7 Å². The van der Waals surface area contributed by atoms with Crippen molar-refractivity contribution in [2.75, 3.05) is 13.2 Å². The topological polar surface area (TPSA) is 91.4 Å². The van der Waals surface area contributed by atoms with Gasteiger partial charge in [-0.25, -0.2) is 9.48 Å². The number of halogens is 3. The van der Waals surface area contributed by atoms with Gasteiger partial charge in [0.15, 0.2) is 5.69 Å². The highest BCUT2D eigenvalue weighted by Gasteiger charge is 2.35. The highest BCUT2D eigenvalue weighted by atomic mass is 19.4. The van der Waals surface area contributed by atoms with Gasteiger partial charge in [-0.15, -0.1) is 0 Å². The molecule has 0 radical (unpaired) electrons. The summed E-state index contributed by atoms with van der Waals surface area (Å²) in [5.41, 5.74) is 0.898. The zero-order valence-electron chi connectivity index (χ0n) is 18.3. The van der Waals surface area contributed by atoms with E-state index in [1.807, 2.05) is 31.2 Å². The molecule has 0 bridgehead atoms. The normalized spacial score (nSPS) is 11.7. The zero-order valence-corrected chi connectivity index (χ0v) is 18.3. The van der Waals surface area contributed by atoms with Crippen LogP contribution in [0.1, 0.15) is 23.1 Å². The number of ether oxygens (including phenoxy) is 2. The molecule has 0 aliphatic heterocycles. The average Bonchev–Trinajstić information content (AvgIpc) is 3.35. The minimum absolute atomic E-state index is 0.00907. The molecule has 8 nitrogen and oxygen atoms in total. The van der Waals surface area contributed by atoms with Crippen LogP contribution < -0.4 is 9.47 Å². The number of benzene rings is 1. The third-order valence-electron chi connectivity index (χ3n) is 5.16. The minimum Gasteiger partial charge on any atom is -0.494 e. The largest absolute Gasteiger partial charge is 0.494 e. The van der Waals surface area contributed by atoms with Crippen LogP contribution in [-0.4, -0.2) is 43.6 Å². The number of nitrogens with zero attached hydrogens (tertiary/aromatic N) is 4. The monoisotopic (exact) mass is 474 g/mol. The van der Waals surface area contributed by atoms with E-state index in [1.54, 1.807) is 12.3 Å². The van der Waals surface area contributed by atoms with Gasteiger partial charge < -0.3 is 19.1 Å². The highest BCUT2D eigenvalue weighted by molar-refractivity contribution is 6.00. The molecule has 0 aliphatic rings. The lowest BCUT2D eigenvalue weighted by Gasteiger charge is -2.11. The van der Waals surface area contributed by atoms with Gasteiger partial charge in [0.05, 0.1) is 24.4 Å². The second kappa shape index (κ2) is 9.08. The van der Waals surface area contributed by atoms with E-state index in [-0.39, 0.29) is 24.7 Å². The first kappa shape index (κ1) is 23.1. The Kier molecular flexibility index (Phi) is 6.18. The van der Waals surface area contributed by atoms with Crippen LogP contribution in [-0.2, 0) is 19.8 Å². The van der Waals surface area contributed by atoms with Crippen LogP contribution >= 0.6 is 0 Å². The van der Waals surface area contributed by atoms with Gasteiger partial charge in [-0.05, 0) is 31.2 Å². The maximum absolute atomic E-state index is 12.9. The number of pyridine rings is 1. The van der Waals surface area contributed by atoms with Gasteiger partial charge in [-0.3, -0.25) is 4.98 Å². The molecule has 1 aromatic carbocycles. The first-order valence-electron chi connectivity index (χ1n) is 10.4. The van der Waals surface area contributed by atoms with E-state index in [2.05, 4.69) is 10.1 Å². The third kappa shape index (κ3) is 4.54. The van der Waals surface area contributed by atoms with Gasteiger partial charge in [-0.1, -0.05) is 12.1 Å². The Bertz CT molecular complexity index is 1340. The summed E-state index contributed by atoms with van der Waals surface area (Å²) in [5.74, 6) is -0.555. The molecule has 0 unspecified atom stereocenters. The quantitative estimate of drug-likeness (QED) is 0.400. The Morgan fingerprint density at radius 1 is 1.15 bits per heavy atom. The fourth-order valence-corrected chi connectivity index (χ4v) is 3.70. The van der Waals surface area contributed by atoms with E-state index in [0.717, 1.165) is 16.3 Å². The maximum atomic E-state index is 12.9. The summed E-state index contributed by atoms with van der Waals surface area (Å²) >= 11 is 0. The molecule has 0 spiro atoms. The Labute approximate surface area is 192 Å². The average molecular weight is 474 g/mol. The van der Waals surface area contributed by atoms with Crippen LogP contribution in [0.3, 0.4) is 0 Å². The number of rotatable bonds is 8. The zero-order chi connectivity index (χ0) is 24.5. The number of aromatic carboxylic acids is 1. The lowest BCUT2D eigenvalue weighted by Crippen LogP contribution is -2.14. The molecule has 178 valence electrons. The molecule has 11 heteroatoms. The van der Waals surface area contributed by atoms with E-state index in [9.17, 15) is 23.1 Å². The van der Waals surface area contributed by atoms with E-state index in [0.29, 0.717) is 29.0 Å². The van der Waals surface area contributed by atoms with Gasteiger partial charge in [0, 0.05) is 30.3 Å². The summed E-state index contributed by atoms with van der Waals surface area (Å²) in [7, 11) is 1.34. The Hall–Kier alpha value is -4.02. The number of fused-ring (bicyclic) bond motifs is 1. The molecule has 3 heterocycles. The summed E-state index contributed by atoms with van der Waals surface area (Å²) in [4.78, 5) is 16.4. The fourth-order valence-electron chi connectivity index (χ4n) is 3.70. The van der Waals surface area contributed by atoms with Crippen molar-refractivity contribution in [3.05, 3.63) is 60.0 Å². The van der Waals surface area contributed by atoms with Crippen LogP contribution in [0.2, 0.25) is 0 Å². The number of carboxylic acids is 1. The Morgan fingerprint density at radius 2 is 1.94 bits per heavy atom. The van der Waals surface area contributed by atoms with E-state index < -0.39 is 17.8 Å². The van der Waals surface area contributed by atoms with Crippen molar-refractivity contribution in [1.82, 2.24) is 19.3 Å². The summed E-state index contributed by atoms with van der Waals surface area (Å²) in [6.07, 6.45) is -3.01. The van der Waals surface area contributed by atoms with Crippen molar-refractivity contribution < 1.29 is 32.5 Å². The van der Waals surface area contributed by atoms with Gasteiger partial charge >= 0.3 is 12.1 Å². The smallest absolute Gasteiger partial charge is 0.435 e. The van der Waals surface area contributed by atoms with Crippen molar-refractivity contribution >= 4 is 16.9 Å². The molecule has 1 N–H and O–H groups in total. The Morgan fingerprint density at radius 3 is 2.62 bits per heavy atom. The molecule has 0 fully saturated rings. The molecule has 0 saturated heterocycles. The number of carbonyl (C=O) groups is 1. The number of aromatic nitrogens is 4. The van der Waals surface area contributed by atoms with Crippen molar-refractivity contribution in [3.8, 4) is 22.9 Å². The molecule has 0 amide bonds. The molecule has 0 saturated carbocycles. The second-order valence-electron chi connectivity index (χ2n) is 7.38. The fraction of sp³-hybridized carbons (Fsp3) is 0.261. The third-order valence-corrected chi connectivity index (χ3v) is 5.16. The van der Waals surface area contributed by atoms with E-state index in [4.69, 9.17) is 9.47 Å². The van der Waals surface area contributed by atoms with Crippen molar-refractivity contribution in [1.29, 1.82) is 0 Å². The molecule has 4 aromatic rings. The molecule has 3 aromatic heterocycles. The summed E-state index contributed by atoms with van der Waals surface area (Å²) in [5, 5.41) is 13.8. The summed E-state index contributed by atoms with van der Waals surface area (Å²) in [6.45, 7) is 2.39. The SMILES string of the molecule is CCOc1cccc(-c2nccc3c2cc(C(=O)O)n3CCOc2cc(C(F)(F)F)nn2C)c1. The summed E-state index contributed by atoms with van der Waals surface area (Å²) < 4.78 is 52.2. The Balaban J connectivity index is 1.65. The van der Waals surface area contributed by atoms with E-state index >= 15 is 0 Å². The number of hydrogen-bond donors (Lipinski definition) is 1. The number of aryl methyl sites for hydroxylation is 1. The van der Waals surface area contributed by atoms with Crippen LogP contribution in [0.4, 0.5) is 13.2 Å². The number of alkyl halides is 3. The van der Waals surface area contributed by atoms with Gasteiger partial charge in [-0.2, -0.15) is 18.3 Å². The van der Waals surface area contributed by atoms with Gasteiger partial charge in [0.2, 0.25) is 5.88 Å². The van der Waals surface area contributed by atoms with Crippen LogP contribution in [0.5, 0.6) is 11.6 Å². The first-order valence-corrected chi connectivity index (χ1v) is 10.4. The highest BCUT2D eigenvalue weighted by Crippen LogP contribution is 2.32. The molecular weight excluding hydrogens is 453 g/mol. The lowest BCUT2D eigenvalue weighted by molar-refractivity contribution is -0.141. The predicted molar refractivity (Wildman–Crippen MR) is 117 cm³/mol. The molecule has 0 aliphatic carbocycles. The first-order chi connectivity index (χ1) is 16.2. The van der Waals surface area contributed by atoms with Crippen molar-refractivity contribution in [2.24, 2.45) is 7.05 Å². The minimum atomic E-state index is -4.59. The van der Waals surface area contributed by atoms with Crippen molar-refractivity contribution in [3.63, 3.8) is 0 Å². The summed E-state index contributed by atoms with van der Waals surface area (Å²) in [6, 6.07) is 11.3. The molecule has 0 atom stereocenters. The molecule has 4 rings (SSSR count). The lowest BCUT2D eigenvalue weighted by atomic mass is 10.1. The second-order valence-corrected chi connectivity index (χ2v) is 7.38. The van der Waals surface area contributed by atoms with Crippen LogP contribution in [0.25, 0.3) is 22.2 Å². The van der Waals surface area contributed by atoms with Gasteiger partial charge in [0.25, 0.3) is 0 Å².